The zero-order chi connectivity index (χ0) is 14.9. The lowest BCUT2D eigenvalue weighted by Crippen LogP contribution is -2.03. The normalized spacial score (nSPS) is 10.2. The van der Waals surface area contributed by atoms with E-state index >= 15 is 0 Å². The zero-order valence-electron chi connectivity index (χ0n) is 10.2. The van der Waals surface area contributed by atoms with E-state index in [1.54, 1.807) is 6.07 Å². The van der Waals surface area contributed by atoms with Crippen LogP contribution in [0.1, 0.15) is 27.1 Å². The smallest absolute Gasteiger partial charge is 0.356 e. The summed E-state index contributed by atoms with van der Waals surface area (Å²) in [6.07, 6.45) is 0. The van der Waals surface area contributed by atoms with Gasteiger partial charge in [-0.05, 0) is 0 Å². The molecule has 0 saturated carbocycles. The van der Waals surface area contributed by atoms with E-state index in [1.807, 2.05) is 0 Å². The number of carboxylic acids is 1. The monoisotopic (exact) mass is 292 g/mol. The predicted molar refractivity (Wildman–Crippen MR) is 71.2 cm³/mol. The molecular weight excluding hydrogens is 284 g/mol. The maximum Gasteiger partial charge on any atom is 0.356 e. The van der Waals surface area contributed by atoms with Crippen LogP contribution in [0.15, 0.2) is 24.3 Å². The van der Waals surface area contributed by atoms with Crippen LogP contribution in [0.3, 0.4) is 0 Å². The number of nitro benzene ring substituents is 1. The van der Waals surface area contributed by atoms with Gasteiger partial charge in [0.15, 0.2) is 11.5 Å². The molecule has 0 aliphatic carbocycles. The van der Waals surface area contributed by atoms with Crippen LogP contribution in [-0.4, -0.2) is 26.8 Å². The van der Waals surface area contributed by atoms with Crippen molar-refractivity contribution in [2.45, 2.75) is 6.92 Å². The summed E-state index contributed by atoms with van der Waals surface area (Å²) in [6.45, 7) is 1.25. The van der Waals surface area contributed by atoms with Gasteiger partial charge < -0.3 is 5.11 Å². The molecule has 0 bridgehead atoms. The van der Waals surface area contributed by atoms with Crippen LogP contribution in [0.5, 0.6) is 0 Å². The molecule has 102 valence electrons. The molecule has 20 heavy (non-hydrogen) atoms. The van der Waals surface area contributed by atoms with Crippen molar-refractivity contribution in [1.29, 1.82) is 0 Å². The van der Waals surface area contributed by atoms with Gasteiger partial charge in [-0.25, -0.2) is 9.78 Å². The fraction of sp³-hybridized carbons (Fsp3) is 0.0833. The van der Waals surface area contributed by atoms with Gasteiger partial charge in [-0.1, -0.05) is 12.1 Å². The van der Waals surface area contributed by atoms with Gasteiger partial charge in [-0.3, -0.25) is 14.9 Å². The van der Waals surface area contributed by atoms with Gasteiger partial charge in [-0.15, -0.1) is 11.3 Å². The second kappa shape index (κ2) is 5.17. The molecule has 1 aromatic carbocycles. The number of hydrogen-bond donors (Lipinski definition) is 1. The molecule has 0 amide bonds. The minimum Gasteiger partial charge on any atom is -0.476 e. The summed E-state index contributed by atoms with van der Waals surface area (Å²) in [4.78, 5) is 36.5. The van der Waals surface area contributed by atoms with Gasteiger partial charge in [0, 0.05) is 24.6 Å². The molecule has 0 radical (unpaired) electrons. The molecular formula is C12H8N2O5S. The molecule has 0 aliphatic heterocycles. The summed E-state index contributed by atoms with van der Waals surface area (Å²) in [7, 11) is 0. The molecule has 2 aromatic rings. The highest BCUT2D eigenvalue weighted by molar-refractivity contribution is 7.17. The maximum atomic E-state index is 11.4. The van der Waals surface area contributed by atoms with E-state index < -0.39 is 16.7 Å². The van der Waals surface area contributed by atoms with Crippen molar-refractivity contribution in [1.82, 2.24) is 4.98 Å². The van der Waals surface area contributed by atoms with Gasteiger partial charge in [0.1, 0.15) is 9.88 Å². The molecule has 1 heterocycles. The van der Waals surface area contributed by atoms with E-state index in [0.29, 0.717) is 5.56 Å². The number of rotatable bonds is 4. The van der Waals surface area contributed by atoms with Gasteiger partial charge in [0.25, 0.3) is 5.69 Å². The van der Waals surface area contributed by atoms with Crippen LogP contribution >= 0.6 is 11.3 Å². The van der Waals surface area contributed by atoms with Crippen molar-refractivity contribution in [2.24, 2.45) is 0 Å². The SMILES string of the molecule is CC(=O)c1sc(-c2cccc([N+](=O)[O-])c2)nc1C(=O)O. The van der Waals surface area contributed by atoms with E-state index in [1.165, 1.54) is 25.1 Å². The van der Waals surface area contributed by atoms with Crippen LogP contribution in [0.4, 0.5) is 5.69 Å². The van der Waals surface area contributed by atoms with Crippen molar-refractivity contribution < 1.29 is 19.6 Å². The van der Waals surface area contributed by atoms with Gasteiger partial charge in [0.05, 0.1) is 4.92 Å². The number of hydrogen-bond acceptors (Lipinski definition) is 6. The number of benzene rings is 1. The number of aromatic nitrogens is 1. The third-order valence-electron chi connectivity index (χ3n) is 2.45. The van der Waals surface area contributed by atoms with Gasteiger partial charge in [0.2, 0.25) is 0 Å². The lowest BCUT2D eigenvalue weighted by atomic mass is 10.2. The minimum absolute atomic E-state index is 0.0269. The van der Waals surface area contributed by atoms with Gasteiger partial charge in [-0.2, -0.15) is 0 Å². The number of carboxylic acid groups (broad SMARTS) is 1. The Morgan fingerprint density at radius 3 is 2.60 bits per heavy atom. The third-order valence-corrected chi connectivity index (χ3v) is 3.66. The number of nitro groups is 1. The highest BCUT2D eigenvalue weighted by Crippen LogP contribution is 2.30. The van der Waals surface area contributed by atoms with E-state index in [4.69, 9.17) is 5.11 Å². The maximum absolute atomic E-state index is 11.4. The third kappa shape index (κ3) is 2.54. The van der Waals surface area contributed by atoms with Crippen molar-refractivity contribution in [3.05, 3.63) is 45.0 Å². The summed E-state index contributed by atoms with van der Waals surface area (Å²) >= 11 is 0.905. The van der Waals surface area contributed by atoms with Gasteiger partial charge >= 0.3 is 5.97 Å². The number of carbonyl (C=O) groups is 2. The number of thiazole rings is 1. The van der Waals surface area contributed by atoms with Crippen molar-refractivity contribution >= 4 is 28.8 Å². The first-order valence-corrected chi connectivity index (χ1v) is 6.21. The Bertz CT molecular complexity index is 691. The Hall–Kier alpha value is -2.61. The summed E-state index contributed by atoms with van der Waals surface area (Å²) < 4.78 is 0. The highest BCUT2D eigenvalue weighted by atomic mass is 32.1. The second-order valence-corrected chi connectivity index (χ2v) is 4.86. The van der Waals surface area contributed by atoms with Crippen molar-refractivity contribution in [2.75, 3.05) is 0 Å². The number of aromatic carboxylic acids is 1. The number of non-ortho nitro benzene ring substituents is 1. The standard InChI is InChI=1S/C12H8N2O5S/c1-6(15)10-9(12(16)17)13-11(20-10)7-3-2-4-8(5-7)14(18)19/h2-5H,1H3,(H,16,17). The number of Topliss-reactive ketones (excluding diaryl/α,β-unsaturated/α-hetero) is 1. The first-order valence-electron chi connectivity index (χ1n) is 5.40. The van der Waals surface area contributed by atoms with E-state index in [2.05, 4.69) is 4.98 Å². The first kappa shape index (κ1) is 13.8. The Balaban J connectivity index is 2.56. The first-order chi connectivity index (χ1) is 9.40. The molecule has 0 unspecified atom stereocenters. The highest BCUT2D eigenvalue weighted by Gasteiger charge is 2.21. The topological polar surface area (TPSA) is 110 Å². The van der Waals surface area contributed by atoms with E-state index in [9.17, 15) is 19.7 Å². The van der Waals surface area contributed by atoms with Crippen LogP contribution in [-0.2, 0) is 0 Å². The quantitative estimate of drug-likeness (QED) is 0.527. The molecule has 2 rings (SSSR count). The molecule has 0 aliphatic rings. The summed E-state index contributed by atoms with van der Waals surface area (Å²) in [6, 6.07) is 5.65. The summed E-state index contributed by atoms with van der Waals surface area (Å²) in [5, 5.41) is 20.0. The minimum atomic E-state index is -1.30. The average molecular weight is 292 g/mol. The van der Waals surface area contributed by atoms with Crippen LogP contribution in [0, 0.1) is 10.1 Å². The molecule has 0 spiro atoms. The second-order valence-electron chi connectivity index (χ2n) is 3.87. The Morgan fingerprint density at radius 1 is 1.40 bits per heavy atom. The Morgan fingerprint density at radius 2 is 2.10 bits per heavy atom. The van der Waals surface area contributed by atoms with Crippen LogP contribution in [0.25, 0.3) is 10.6 Å². The van der Waals surface area contributed by atoms with Crippen molar-refractivity contribution in [3.63, 3.8) is 0 Å². The molecule has 0 atom stereocenters. The number of ketones is 1. The Kier molecular flexibility index (Phi) is 3.57. The fourth-order valence-corrected chi connectivity index (χ4v) is 2.53. The lowest BCUT2D eigenvalue weighted by Gasteiger charge is -1.95. The molecule has 1 aromatic heterocycles. The molecule has 7 nitrogen and oxygen atoms in total. The number of carbonyl (C=O) groups excluding carboxylic acids is 1. The fourth-order valence-electron chi connectivity index (χ4n) is 1.58. The molecule has 8 heteroatoms. The predicted octanol–water partition coefficient (Wildman–Crippen LogP) is 2.62. The summed E-state index contributed by atoms with van der Waals surface area (Å²) in [5.41, 5.74) is -0.0536. The molecule has 1 N–H and O–H groups in total. The molecule has 0 fully saturated rings. The Labute approximate surface area is 116 Å². The largest absolute Gasteiger partial charge is 0.476 e. The average Bonchev–Trinajstić information content (AvgIpc) is 2.84. The zero-order valence-corrected chi connectivity index (χ0v) is 11.0. The van der Waals surface area contributed by atoms with E-state index in [0.717, 1.165) is 11.3 Å². The van der Waals surface area contributed by atoms with Crippen LogP contribution < -0.4 is 0 Å². The van der Waals surface area contributed by atoms with E-state index in [-0.39, 0.29) is 21.3 Å². The summed E-state index contributed by atoms with van der Waals surface area (Å²) in [5.74, 6) is -1.71. The van der Waals surface area contributed by atoms with Crippen LogP contribution in [0.2, 0.25) is 0 Å². The van der Waals surface area contributed by atoms with Crippen molar-refractivity contribution in [3.8, 4) is 10.6 Å². The number of nitrogens with zero attached hydrogens (tertiary/aromatic N) is 2. The molecule has 0 saturated heterocycles. The lowest BCUT2D eigenvalue weighted by molar-refractivity contribution is -0.384.